The molecule has 0 spiro atoms. The van der Waals surface area contributed by atoms with E-state index in [1.54, 1.807) is 0 Å². The maximum Gasteiger partial charge on any atom is 0.124 e. The zero-order valence-corrected chi connectivity index (χ0v) is 11.0. The van der Waals surface area contributed by atoms with Gasteiger partial charge in [0.2, 0.25) is 0 Å². The van der Waals surface area contributed by atoms with Crippen LogP contribution in [0.1, 0.15) is 37.3 Å². The Bertz CT molecular complexity index is 415. The van der Waals surface area contributed by atoms with E-state index < -0.39 is 0 Å². The van der Waals surface area contributed by atoms with Crippen molar-refractivity contribution < 1.29 is 4.74 Å². The molecule has 3 heteroatoms. The summed E-state index contributed by atoms with van der Waals surface area (Å²) in [6.07, 6.45) is 5.32. The van der Waals surface area contributed by atoms with E-state index in [1.807, 2.05) is 18.2 Å². The molecule has 3 rings (SSSR count). The topological polar surface area (TPSA) is 38.5 Å². The molecule has 2 N–H and O–H groups in total. The van der Waals surface area contributed by atoms with Crippen molar-refractivity contribution in [2.45, 2.75) is 43.8 Å². The number of rotatable bonds is 2. The number of nitrogens with two attached hydrogens (primary N) is 1. The molecule has 18 heavy (non-hydrogen) atoms. The molecule has 2 atom stereocenters. The average molecular weight is 246 g/mol. The number of hydrogen-bond acceptors (Lipinski definition) is 3. The Hall–Kier alpha value is -1.06. The van der Waals surface area contributed by atoms with Crippen LogP contribution in [-0.2, 0) is 0 Å². The lowest BCUT2D eigenvalue weighted by molar-refractivity contribution is 0.0867. The summed E-state index contributed by atoms with van der Waals surface area (Å²) < 4.78 is 5.87. The third-order valence-corrected chi connectivity index (χ3v) is 4.53. The van der Waals surface area contributed by atoms with Crippen LogP contribution in [0.3, 0.4) is 0 Å². The Morgan fingerprint density at radius 3 is 2.72 bits per heavy atom. The lowest BCUT2D eigenvalue weighted by Crippen LogP contribution is -2.50. The summed E-state index contributed by atoms with van der Waals surface area (Å²) in [6, 6.07) is 9.22. The van der Waals surface area contributed by atoms with Crippen molar-refractivity contribution in [3.05, 3.63) is 29.8 Å². The van der Waals surface area contributed by atoms with Gasteiger partial charge in [0.15, 0.2) is 0 Å². The largest absolute Gasteiger partial charge is 0.492 e. The fourth-order valence-corrected chi connectivity index (χ4v) is 3.33. The quantitative estimate of drug-likeness (QED) is 0.870. The summed E-state index contributed by atoms with van der Waals surface area (Å²) in [5.41, 5.74) is 7.59. The first-order chi connectivity index (χ1) is 8.77. The predicted molar refractivity (Wildman–Crippen MR) is 72.7 cm³/mol. The second kappa shape index (κ2) is 4.90. The third kappa shape index (κ3) is 2.02. The SMILES string of the molecule is CN(C1CCCC1)C1COc2ccccc2C1N. The normalized spacial score (nSPS) is 28.2. The van der Waals surface area contributed by atoms with Crippen LogP contribution in [0.4, 0.5) is 0 Å². The number of ether oxygens (including phenoxy) is 1. The van der Waals surface area contributed by atoms with Crippen LogP contribution >= 0.6 is 0 Å². The van der Waals surface area contributed by atoms with Crippen molar-refractivity contribution in [2.75, 3.05) is 13.7 Å². The molecule has 1 heterocycles. The van der Waals surface area contributed by atoms with Gasteiger partial charge in [-0.3, -0.25) is 4.90 Å². The minimum absolute atomic E-state index is 0.0700. The van der Waals surface area contributed by atoms with E-state index in [0.717, 1.165) is 11.3 Å². The molecule has 1 aromatic rings. The van der Waals surface area contributed by atoms with Gasteiger partial charge in [-0.2, -0.15) is 0 Å². The van der Waals surface area contributed by atoms with Gasteiger partial charge in [0.05, 0.1) is 12.1 Å². The van der Waals surface area contributed by atoms with Gasteiger partial charge < -0.3 is 10.5 Å². The van der Waals surface area contributed by atoms with Crippen molar-refractivity contribution in [2.24, 2.45) is 5.73 Å². The number of nitrogens with zero attached hydrogens (tertiary/aromatic N) is 1. The number of para-hydroxylation sites is 1. The van der Waals surface area contributed by atoms with Gasteiger partial charge in [0.1, 0.15) is 12.4 Å². The highest BCUT2D eigenvalue weighted by Crippen LogP contribution is 2.34. The van der Waals surface area contributed by atoms with Gasteiger partial charge in [-0.05, 0) is 26.0 Å². The van der Waals surface area contributed by atoms with E-state index in [2.05, 4.69) is 18.0 Å². The Kier molecular flexibility index (Phi) is 3.27. The van der Waals surface area contributed by atoms with Crippen molar-refractivity contribution in [1.82, 2.24) is 4.90 Å². The van der Waals surface area contributed by atoms with Crippen molar-refractivity contribution in [1.29, 1.82) is 0 Å². The highest BCUT2D eigenvalue weighted by molar-refractivity contribution is 5.38. The van der Waals surface area contributed by atoms with Crippen LogP contribution < -0.4 is 10.5 Å². The van der Waals surface area contributed by atoms with Gasteiger partial charge in [0, 0.05) is 11.6 Å². The molecule has 3 nitrogen and oxygen atoms in total. The number of fused-ring (bicyclic) bond motifs is 1. The van der Waals surface area contributed by atoms with Gasteiger partial charge in [-0.1, -0.05) is 31.0 Å². The lowest BCUT2D eigenvalue weighted by Gasteiger charge is -2.39. The monoisotopic (exact) mass is 246 g/mol. The average Bonchev–Trinajstić information content (AvgIpc) is 2.93. The summed E-state index contributed by atoms with van der Waals surface area (Å²) in [7, 11) is 2.21. The molecule has 98 valence electrons. The molecule has 0 saturated heterocycles. The summed E-state index contributed by atoms with van der Waals surface area (Å²) in [4.78, 5) is 2.45. The van der Waals surface area contributed by atoms with E-state index >= 15 is 0 Å². The highest BCUT2D eigenvalue weighted by atomic mass is 16.5. The summed E-state index contributed by atoms with van der Waals surface area (Å²) in [5.74, 6) is 0.959. The second-order valence-electron chi connectivity index (χ2n) is 5.55. The first kappa shape index (κ1) is 12.0. The van der Waals surface area contributed by atoms with Crippen molar-refractivity contribution in [3.63, 3.8) is 0 Å². The van der Waals surface area contributed by atoms with Crippen LogP contribution in [0.2, 0.25) is 0 Å². The molecule has 0 amide bonds. The summed E-state index contributed by atoms with van der Waals surface area (Å²) >= 11 is 0. The lowest BCUT2D eigenvalue weighted by atomic mass is 9.95. The Morgan fingerprint density at radius 1 is 1.22 bits per heavy atom. The molecule has 1 aliphatic carbocycles. The Labute approximate surface area is 109 Å². The standard InChI is InChI=1S/C15H22N2O/c1-17(11-6-2-3-7-11)13-10-18-14-9-5-4-8-12(14)15(13)16/h4-5,8-9,11,13,15H,2-3,6-7,10,16H2,1H3. The third-order valence-electron chi connectivity index (χ3n) is 4.53. The Balaban J connectivity index is 1.79. The molecule has 2 unspecified atom stereocenters. The van der Waals surface area contributed by atoms with E-state index in [0.29, 0.717) is 18.7 Å². The van der Waals surface area contributed by atoms with Crippen LogP contribution in [0, 0.1) is 0 Å². The fourth-order valence-electron chi connectivity index (χ4n) is 3.33. The summed E-state index contributed by atoms with van der Waals surface area (Å²) in [5, 5.41) is 0. The van der Waals surface area contributed by atoms with E-state index in [1.165, 1.54) is 25.7 Å². The van der Waals surface area contributed by atoms with E-state index in [-0.39, 0.29) is 6.04 Å². The smallest absolute Gasteiger partial charge is 0.124 e. The molecule has 0 radical (unpaired) electrons. The van der Waals surface area contributed by atoms with Crippen molar-refractivity contribution >= 4 is 0 Å². The van der Waals surface area contributed by atoms with Crippen LogP contribution in [0.25, 0.3) is 0 Å². The van der Waals surface area contributed by atoms with E-state index in [9.17, 15) is 0 Å². The molecule has 0 aromatic heterocycles. The van der Waals surface area contributed by atoms with Crippen LogP contribution in [0.5, 0.6) is 5.75 Å². The van der Waals surface area contributed by atoms with Crippen molar-refractivity contribution in [3.8, 4) is 5.75 Å². The molecule has 1 fully saturated rings. The van der Waals surface area contributed by atoms with Crippen LogP contribution in [-0.4, -0.2) is 30.6 Å². The van der Waals surface area contributed by atoms with Crippen LogP contribution in [0.15, 0.2) is 24.3 Å². The molecular weight excluding hydrogens is 224 g/mol. The number of likely N-dealkylation sites (N-methyl/N-ethyl adjacent to an activating group) is 1. The zero-order valence-electron chi connectivity index (χ0n) is 11.0. The molecule has 1 aliphatic heterocycles. The number of hydrogen-bond donors (Lipinski definition) is 1. The van der Waals surface area contributed by atoms with E-state index in [4.69, 9.17) is 10.5 Å². The first-order valence-electron chi connectivity index (χ1n) is 6.96. The Morgan fingerprint density at radius 2 is 1.94 bits per heavy atom. The van der Waals surface area contributed by atoms with Gasteiger partial charge in [0.25, 0.3) is 0 Å². The molecule has 2 aliphatic rings. The van der Waals surface area contributed by atoms with Gasteiger partial charge in [-0.15, -0.1) is 0 Å². The minimum Gasteiger partial charge on any atom is -0.492 e. The second-order valence-corrected chi connectivity index (χ2v) is 5.55. The maximum absolute atomic E-state index is 6.44. The first-order valence-corrected chi connectivity index (χ1v) is 6.96. The summed E-state index contributed by atoms with van der Waals surface area (Å²) in [6.45, 7) is 0.713. The maximum atomic E-state index is 6.44. The van der Waals surface area contributed by atoms with Gasteiger partial charge in [-0.25, -0.2) is 0 Å². The predicted octanol–water partition coefficient (Wildman–Crippen LogP) is 2.32. The fraction of sp³-hybridized carbons (Fsp3) is 0.600. The minimum atomic E-state index is 0.0700. The number of benzene rings is 1. The highest BCUT2D eigenvalue weighted by Gasteiger charge is 2.34. The molecule has 1 aromatic carbocycles. The van der Waals surface area contributed by atoms with Gasteiger partial charge >= 0.3 is 0 Å². The molecule has 1 saturated carbocycles. The molecular formula is C15H22N2O. The zero-order chi connectivity index (χ0) is 12.5. The molecule has 0 bridgehead atoms.